The average molecular weight is 306 g/mol. The Bertz CT molecular complexity index is 761. The molecule has 1 heterocycles. The molecular formula is C15H9ClFNO3. The summed E-state index contributed by atoms with van der Waals surface area (Å²) in [6.45, 7) is -0.0529. The summed E-state index contributed by atoms with van der Waals surface area (Å²) in [5.41, 5.74) is 0.924. The number of anilines is 1. The maximum atomic E-state index is 13.4. The standard InChI is InChI=1S/C15H9ClFNO3/c16-10-3-1-8(5-11(10)17)15(20)9-2-4-13-12(6-9)18-14(19)7-21-13/h1-6H,7H2,(H,18,19). The molecule has 0 aromatic heterocycles. The Balaban J connectivity index is 1.96. The first kappa shape index (κ1) is 13.6. The fraction of sp³-hybridized carbons (Fsp3) is 0.0667. The third-order valence-electron chi connectivity index (χ3n) is 3.06. The predicted molar refractivity (Wildman–Crippen MR) is 75.4 cm³/mol. The van der Waals surface area contributed by atoms with Crippen molar-refractivity contribution in [2.24, 2.45) is 0 Å². The van der Waals surface area contributed by atoms with E-state index >= 15 is 0 Å². The molecule has 1 aliphatic heterocycles. The fourth-order valence-corrected chi connectivity index (χ4v) is 2.15. The highest BCUT2D eigenvalue weighted by Gasteiger charge is 2.19. The van der Waals surface area contributed by atoms with Crippen LogP contribution in [0.1, 0.15) is 15.9 Å². The molecule has 0 saturated carbocycles. The largest absolute Gasteiger partial charge is 0.482 e. The number of ketones is 1. The molecule has 0 unspecified atom stereocenters. The first-order valence-electron chi connectivity index (χ1n) is 6.11. The molecule has 21 heavy (non-hydrogen) atoms. The quantitative estimate of drug-likeness (QED) is 0.868. The molecule has 4 nitrogen and oxygen atoms in total. The van der Waals surface area contributed by atoms with Gasteiger partial charge in [-0.25, -0.2) is 4.39 Å². The van der Waals surface area contributed by atoms with Crippen LogP contribution in [0.5, 0.6) is 5.75 Å². The van der Waals surface area contributed by atoms with Gasteiger partial charge in [-0.3, -0.25) is 9.59 Å². The number of hydrogen-bond donors (Lipinski definition) is 1. The number of halogens is 2. The Kier molecular flexibility index (Phi) is 3.35. The van der Waals surface area contributed by atoms with Crippen LogP contribution in [0, 0.1) is 5.82 Å². The van der Waals surface area contributed by atoms with Gasteiger partial charge in [-0.1, -0.05) is 11.6 Å². The molecule has 1 amide bonds. The monoisotopic (exact) mass is 305 g/mol. The summed E-state index contributed by atoms with van der Waals surface area (Å²) in [6, 6.07) is 8.51. The van der Waals surface area contributed by atoms with Crippen molar-refractivity contribution in [1.82, 2.24) is 0 Å². The highest BCUT2D eigenvalue weighted by Crippen LogP contribution is 2.29. The Hall–Kier alpha value is -2.40. The van der Waals surface area contributed by atoms with Gasteiger partial charge < -0.3 is 10.1 Å². The lowest BCUT2D eigenvalue weighted by Gasteiger charge is -2.18. The zero-order valence-electron chi connectivity index (χ0n) is 10.7. The molecule has 0 aliphatic carbocycles. The topological polar surface area (TPSA) is 55.4 Å². The minimum Gasteiger partial charge on any atom is -0.482 e. The van der Waals surface area contributed by atoms with Crippen LogP contribution in [-0.2, 0) is 4.79 Å². The van der Waals surface area contributed by atoms with E-state index in [1.807, 2.05) is 0 Å². The van der Waals surface area contributed by atoms with Gasteiger partial charge in [-0.05, 0) is 36.4 Å². The molecule has 0 fully saturated rings. The molecule has 1 N–H and O–H groups in total. The van der Waals surface area contributed by atoms with Crippen molar-refractivity contribution >= 4 is 29.0 Å². The number of benzene rings is 2. The van der Waals surface area contributed by atoms with Gasteiger partial charge in [0, 0.05) is 11.1 Å². The molecule has 0 atom stereocenters. The van der Waals surface area contributed by atoms with Gasteiger partial charge in [0.25, 0.3) is 5.91 Å². The summed E-state index contributed by atoms with van der Waals surface area (Å²) in [5, 5.41) is 2.57. The van der Waals surface area contributed by atoms with Gasteiger partial charge in [0.15, 0.2) is 12.4 Å². The highest BCUT2D eigenvalue weighted by molar-refractivity contribution is 6.30. The molecule has 1 aliphatic rings. The molecule has 0 radical (unpaired) electrons. The van der Waals surface area contributed by atoms with E-state index in [9.17, 15) is 14.0 Å². The summed E-state index contributed by atoms with van der Waals surface area (Å²) in [7, 11) is 0. The summed E-state index contributed by atoms with van der Waals surface area (Å²) in [6.07, 6.45) is 0. The number of carbonyl (C=O) groups is 2. The van der Waals surface area contributed by atoms with Crippen molar-refractivity contribution in [3.05, 3.63) is 58.4 Å². The van der Waals surface area contributed by atoms with Crippen LogP contribution in [0.2, 0.25) is 5.02 Å². The van der Waals surface area contributed by atoms with E-state index in [-0.39, 0.29) is 28.9 Å². The fourth-order valence-electron chi connectivity index (χ4n) is 2.03. The van der Waals surface area contributed by atoms with Crippen LogP contribution < -0.4 is 10.1 Å². The van der Waals surface area contributed by atoms with E-state index < -0.39 is 5.82 Å². The molecule has 3 rings (SSSR count). The molecule has 0 spiro atoms. The molecule has 2 aromatic rings. The lowest BCUT2D eigenvalue weighted by atomic mass is 10.0. The summed E-state index contributed by atoms with van der Waals surface area (Å²) in [5.74, 6) is -0.816. The van der Waals surface area contributed by atoms with E-state index in [4.69, 9.17) is 16.3 Å². The minimum atomic E-state index is -0.655. The van der Waals surface area contributed by atoms with Crippen LogP contribution >= 0.6 is 11.6 Å². The first-order valence-corrected chi connectivity index (χ1v) is 6.49. The molecule has 0 bridgehead atoms. The molecule has 2 aromatic carbocycles. The van der Waals surface area contributed by atoms with Crippen LogP contribution in [0.3, 0.4) is 0 Å². The number of ether oxygens (including phenoxy) is 1. The lowest BCUT2D eigenvalue weighted by Crippen LogP contribution is -2.25. The maximum Gasteiger partial charge on any atom is 0.262 e. The lowest BCUT2D eigenvalue weighted by molar-refractivity contribution is -0.118. The van der Waals surface area contributed by atoms with Crippen LogP contribution in [0.15, 0.2) is 36.4 Å². The second-order valence-corrected chi connectivity index (χ2v) is 4.91. The van der Waals surface area contributed by atoms with Crippen molar-refractivity contribution in [2.75, 3.05) is 11.9 Å². The zero-order valence-corrected chi connectivity index (χ0v) is 11.4. The van der Waals surface area contributed by atoms with Crippen molar-refractivity contribution < 1.29 is 18.7 Å². The Morgan fingerprint density at radius 1 is 1.19 bits per heavy atom. The van der Waals surface area contributed by atoms with E-state index in [0.717, 1.165) is 6.07 Å². The van der Waals surface area contributed by atoms with Crippen molar-refractivity contribution in [3.8, 4) is 5.75 Å². The number of carbonyl (C=O) groups excluding carboxylic acids is 2. The smallest absolute Gasteiger partial charge is 0.262 e. The molecule has 6 heteroatoms. The Morgan fingerprint density at radius 3 is 2.67 bits per heavy atom. The number of hydrogen-bond acceptors (Lipinski definition) is 3. The zero-order chi connectivity index (χ0) is 15.0. The van der Waals surface area contributed by atoms with E-state index in [1.54, 1.807) is 12.1 Å². The number of fused-ring (bicyclic) bond motifs is 1. The summed E-state index contributed by atoms with van der Waals surface area (Å²) >= 11 is 5.59. The maximum absolute atomic E-state index is 13.4. The van der Waals surface area contributed by atoms with Gasteiger partial charge in [-0.15, -0.1) is 0 Å². The van der Waals surface area contributed by atoms with Crippen molar-refractivity contribution in [2.45, 2.75) is 0 Å². The highest BCUT2D eigenvalue weighted by atomic mass is 35.5. The van der Waals surface area contributed by atoms with Gasteiger partial charge >= 0.3 is 0 Å². The SMILES string of the molecule is O=C1COc2ccc(C(=O)c3ccc(Cl)c(F)c3)cc2N1. The van der Waals surface area contributed by atoms with Crippen LogP contribution in [0.25, 0.3) is 0 Å². The van der Waals surface area contributed by atoms with Crippen molar-refractivity contribution in [1.29, 1.82) is 0 Å². The predicted octanol–water partition coefficient (Wildman–Crippen LogP) is 3.04. The normalized spacial score (nSPS) is 13.1. The van der Waals surface area contributed by atoms with Gasteiger partial charge in [0.2, 0.25) is 0 Å². The van der Waals surface area contributed by atoms with Gasteiger partial charge in [-0.2, -0.15) is 0 Å². The van der Waals surface area contributed by atoms with E-state index in [1.165, 1.54) is 18.2 Å². The second-order valence-electron chi connectivity index (χ2n) is 4.51. The third-order valence-corrected chi connectivity index (χ3v) is 3.36. The molecule has 0 saturated heterocycles. The molecular weight excluding hydrogens is 297 g/mol. The number of rotatable bonds is 2. The first-order chi connectivity index (χ1) is 10.0. The molecule has 106 valence electrons. The van der Waals surface area contributed by atoms with Crippen LogP contribution in [0.4, 0.5) is 10.1 Å². The van der Waals surface area contributed by atoms with Gasteiger partial charge in [0.1, 0.15) is 11.6 Å². The second kappa shape index (κ2) is 5.18. The van der Waals surface area contributed by atoms with Crippen molar-refractivity contribution in [3.63, 3.8) is 0 Å². The van der Waals surface area contributed by atoms with Gasteiger partial charge in [0.05, 0.1) is 10.7 Å². The van der Waals surface area contributed by atoms with Crippen LogP contribution in [-0.4, -0.2) is 18.3 Å². The minimum absolute atomic E-state index is 0.0438. The Labute approximate surface area is 124 Å². The average Bonchev–Trinajstić information content (AvgIpc) is 2.48. The third kappa shape index (κ3) is 2.60. The van der Waals surface area contributed by atoms with E-state index in [0.29, 0.717) is 17.0 Å². The summed E-state index contributed by atoms with van der Waals surface area (Å²) in [4.78, 5) is 23.6. The number of nitrogens with one attached hydrogen (secondary N) is 1. The number of amides is 1. The summed E-state index contributed by atoms with van der Waals surface area (Å²) < 4.78 is 18.6. The Morgan fingerprint density at radius 2 is 1.90 bits per heavy atom. The van der Waals surface area contributed by atoms with E-state index in [2.05, 4.69) is 5.32 Å².